The van der Waals surface area contributed by atoms with E-state index in [4.69, 9.17) is 0 Å². The summed E-state index contributed by atoms with van der Waals surface area (Å²) in [4.78, 5) is 6.08. The molecule has 0 aliphatic carbocycles. The molecule has 5 nitrogen and oxygen atoms in total. The van der Waals surface area contributed by atoms with Crippen LogP contribution in [0.2, 0.25) is 0 Å². The quantitative estimate of drug-likeness (QED) is 0.795. The van der Waals surface area contributed by atoms with Crippen LogP contribution in [0.5, 0.6) is 0 Å². The van der Waals surface area contributed by atoms with Crippen molar-refractivity contribution in [3.63, 3.8) is 0 Å². The number of anilines is 1. The van der Waals surface area contributed by atoms with Gasteiger partial charge in [-0.2, -0.15) is 13.2 Å². The first-order chi connectivity index (χ1) is 9.45. The molecule has 0 amide bonds. The van der Waals surface area contributed by atoms with E-state index in [0.29, 0.717) is 18.2 Å². The van der Waals surface area contributed by atoms with Gasteiger partial charge in [0.05, 0.1) is 6.54 Å². The summed E-state index contributed by atoms with van der Waals surface area (Å²) in [5.41, 5.74) is 0. The standard InChI is InChI=1S/C11H9BrF3N5/c12-7-1-2-16-8(5-7)19-3-4-20-9(6-19)17-18-10(20)11(13,14)15/h1-2,5H,3-4,6H2. The maximum atomic E-state index is 12.7. The number of aromatic nitrogens is 4. The molecule has 2 aromatic heterocycles. The normalized spacial score (nSPS) is 15.3. The second-order valence-electron chi connectivity index (χ2n) is 4.34. The van der Waals surface area contributed by atoms with Crippen molar-refractivity contribution >= 4 is 21.7 Å². The molecule has 0 fully saturated rings. The lowest BCUT2D eigenvalue weighted by atomic mass is 10.3. The summed E-state index contributed by atoms with van der Waals surface area (Å²) in [7, 11) is 0. The highest BCUT2D eigenvalue weighted by molar-refractivity contribution is 9.10. The van der Waals surface area contributed by atoms with Crippen molar-refractivity contribution in [2.24, 2.45) is 0 Å². The Hall–Kier alpha value is -1.64. The molecule has 0 bridgehead atoms. The van der Waals surface area contributed by atoms with Crippen LogP contribution in [0.4, 0.5) is 19.0 Å². The average Bonchev–Trinajstić information content (AvgIpc) is 2.81. The van der Waals surface area contributed by atoms with Gasteiger partial charge in [-0.05, 0) is 12.1 Å². The van der Waals surface area contributed by atoms with Crippen LogP contribution in [0.15, 0.2) is 22.8 Å². The van der Waals surface area contributed by atoms with E-state index < -0.39 is 12.0 Å². The number of rotatable bonds is 1. The second-order valence-corrected chi connectivity index (χ2v) is 5.26. The van der Waals surface area contributed by atoms with Crippen LogP contribution in [-0.2, 0) is 19.3 Å². The molecule has 0 radical (unpaired) electrons. The van der Waals surface area contributed by atoms with E-state index in [2.05, 4.69) is 31.1 Å². The number of fused-ring (bicyclic) bond motifs is 1. The maximum absolute atomic E-state index is 12.7. The fourth-order valence-corrected chi connectivity index (χ4v) is 2.45. The van der Waals surface area contributed by atoms with Gasteiger partial charge in [-0.25, -0.2) is 4.98 Å². The summed E-state index contributed by atoms with van der Waals surface area (Å²) >= 11 is 3.34. The molecule has 1 aliphatic heterocycles. The van der Waals surface area contributed by atoms with Gasteiger partial charge in [-0.1, -0.05) is 15.9 Å². The number of hydrogen-bond acceptors (Lipinski definition) is 4. The summed E-state index contributed by atoms with van der Waals surface area (Å²) in [5, 5.41) is 6.88. The Bertz CT molecular complexity index is 639. The molecule has 0 aromatic carbocycles. The summed E-state index contributed by atoms with van der Waals surface area (Å²) in [6, 6.07) is 3.61. The Morgan fingerprint density at radius 2 is 2.00 bits per heavy atom. The first-order valence-corrected chi connectivity index (χ1v) is 6.60. The lowest BCUT2D eigenvalue weighted by Crippen LogP contribution is -2.35. The Morgan fingerprint density at radius 1 is 1.20 bits per heavy atom. The van der Waals surface area contributed by atoms with Crippen LogP contribution in [0, 0.1) is 0 Å². The van der Waals surface area contributed by atoms with Crippen molar-refractivity contribution < 1.29 is 13.2 Å². The van der Waals surface area contributed by atoms with Crippen molar-refractivity contribution in [3.8, 4) is 0 Å². The molecule has 0 unspecified atom stereocenters. The van der Waals surface area contributed by atoms with Gasteiger partial charge in [-0.3, -0.25) is 0 Å². The highest BCUT2D eigenvalue weighted by Crippen LogP contribution is 2.30. The van der Waals surface area contributed by atoms with Crippen LogP contribution in [0.1, 0.15) is 11.6 Å². The Morgan fingerprint density at radius 3 is 2.70 bits per heavy atom. The van der Waals surface area contributed by atoms with Gasteiger partial charge >= 0.3 is 6.18 Å². The molecule has 2 aromatic rings. The molecule has 106 valence electrons. The molecule has 0 N–H and O–H groups in total. The van der Waals surface area contributed by atoms with Crippen molar-refractivity contribution in [1.29, 1.82) is 0 Å². The third kappa shape index (κ3) is 2.37. The van der Waals surface area contributed by atoms with E-state index >= 15 is 0 Å². The van der Waals surface area contributed by atoms with Crippen LogP contribution in [0.3, 0.4) is 0 Å². The van der Waals surface area contributed by atoms with Gasteiger partial charge in [0.1, 0.15) is 5.82 Å². The first-order valence-electron chi connectivity index (χ1n) is 5.81. The number of hydrogen-bond donors (Lipinski definition) is 0. The first kappa shape index (κ1) is 13.3. The van der Waals surface area contributed by atoms with E-state index in [9.17, 15) is 13.2 Å². The van der Waals surface area contributed by atoms with Gasteiger partial charge in [0, 0.05) is 23.8 Å². The summed E-state index contributed by atoms with van der Waals surface area (Å²) < 4.78 is 40.2. The van der Waals surface area contributed by atoms with Crippen molar-refractivity contribution in [1.82, 2.24) is 19.7 Å². The Kier molecular flexibility index (Phi) is 3.15. The number of nitrogens with zero attached hydrogens (tertiary/aromatic N) is 5. The summed E-state index contributed by atoms with van der Waals surface area (Å²) in [6.07, 6.45) is -2.83. The molecule has 0 spiro atoms. The van der Waals surface area contributed by atoms with Crippen molar-refractivity contribution in [2.45, 2.75) is 19.3 Å². The summed E-state index contributed by atoms with van der Waals surface area (Å²) in [5.74, 6) is 0.0573. The average molecular weight is 348 g/mol. The van der Waals surface area contributed by atoms with Crippen molar-refractivity contribution in [3.05, 3.63) is 34.5 Å². The second kappa shape index (κ2) is 4.72. The predicted molar refractivity (Wildman–Crippen MR) is 68.0 cm³/mol. The number of halogens is 4. The molecule has 20 heavy (non-hydrogen) atoms. The zero-order valence-corrected chi connectivity index (χ0v) is 11.7. The third-order valence-electron chi connectivity index (χ3n) is 3.04. The topological polar surface area (TPSA) is 46.8 Å². The van der Waals surface area contributed by atoms with Gasteiger partial charge in [0.25, 0.3) is 0 Å². The lowest BCUT2D eigenvalue weighted by molar-refractivity contribution is -0.147. The zero-order chi connectivity index (χ0) is 14.3. The Balaban J connectivity index is 1.88. The molecule has 1 aliphatic rings. The largest absolute Gasteiger partial charge is 0.451 e. The molecule has 3 heterocycles. The molecule has 0 saturated carbocycles. The monoisotopic (exact) mass is 347 g/mol. The van der Waals surface area contributed by atoms with Crippen LogP contribution in [-0.4, -0.2) is 26.3 Å². The SMILES string of the molecule is FC(F)(F)c1nnc2n1CCN(c1cc(Br)ccn1)C2. The van der Waals surface area contributed by atoms with Gasteiger partial charge in [0.2, 0.25) is 5.82 Å². The molecule has 0 atom stereocenters. The summed E-state index contributed by atoms with van der Waals surface area (Å²) in [6.45, 7) is 0.871. The van der Waals surface area contributed by atoms with E-state index in [1.54, 1.807) is 12.3 Å². The molecular formula is C11H9BrF3N5. The van der Waals surface area contributed by atoms with E-state index in [0.717, 1.165) is 9.04 Å². The predicted octanol–water partition coefficient (Wildman–Crippen LogP) is 2.47. The fourth-order valence-electron chi connectivity index (χ4n) is 2.13. The highest BCUT2D eigenvalue weighted by atomic mass is 79.9. The lowest BCUT2D eigenvalue weighted by Gasteiger charge is -2.28. The van der Waals surface area contributed by atoms with Gasteiger partial charge < -0.3 is 9.47 Å². The smallest absolute Gasteiger partial charge is 0.347 e. The van der Waals surface area contributed by atoms with E-state index in [1.165, 1.54) is 0 Å². The van der Waals surface area contributed by atoms with Gasteiger partial charge in [-0.15, -0.1) is 10.2 Å². The molecular weight excluding hydrogens is 339 g/mol. The van der Waals surface area contributed by atoms with Crippen LogP contribution in [0.25, 0.3) is 0 Å². The van der Waals surface area contributed by atoms with Gasteiger partial charge in [0.15, 0.2) is 5.82 Å². The maximum Gasteiger partial charge on any atom is 0.451 e. The minimum atomic E-state index is -4.47. The van der Waals surface area contributed by atoms with E-state index in [1.807, 2.05) is 11.0 Å². The Labute approximate surface area is 120 Å². The third-order valence-corrected chi connectivity index (χ3v) is 3.53. The van der Waals surface area contributed by atoms with Crippen molar-refractivity contribution in [2.75, 3.05) is 11.4 Å². The highest BCUT2D eigenvalue weighted by Gasteiger charge is 2.39. The fraction of sp³-hybridized carbons (Fsp3) is 0.364. The molecule has 3 rings (SSSR count). The minimum absolute atomic E-state index is 0.186. The van der Waals surface area contributed by atoms with Crippen LogP contribution < -0.4 is 4.90 Å². The number of pyridine rings is 1. The molecule has 0 saturated heterocycles. The zero-order valence-electron chi connectivity index (χ0n) is 10.1. The van der Waals surface area contributed by atoms with E-state index in [-0.39, 0.29) is 13.1 Å². The number of alkyl halides is 3. The minimum Gasteiger partial charge on any atom is -0.347 e. The van der Waals surface area contributed by atoms with Crippen LogP contribution >= 0.6 is 15.9 Å². The molecule has 9 heteroatoms.